The van der Waals surface area contributed by atoms with Gasteiger partial charge in [-0.3, -0.25) is 0 Å². The lowest BCUT2D eigenvalue weighted by molar-refractivity contribution is 0.243. The Labute approximate surface area is 181 Å². The largest absolute Gasteiger partial charge is 0.493 e. The van der Waals surface area contributed by atoms with Gasteiger partial charge in [0.15, 0.2) is 17.3 Å². The lowest BCUT2D eigenvalue weighted by Gasteiger charge is -2.19. The Bertz CT molecular complexity index is 967. The standard InChI is InChI=1S/C22H26ClFN4O2/c1-4-27(5-2)11-6-12-30-21-13-18-19(14-20(21)29-3)25-15-26-22(18)28(23)17-9-7-16(24)8-10-17/h7-10,13-15H,4-6,11-12H2,1-3H3. The normalized spacial score (nSPS) is 11.1. The summed E-state index contributed by atoms with van der Waals surface area (Å²) in [6, 6.07) is 9.51. The van der Waals surface area contributed by atoms with Crippen LogP contribution in [0.3, 0.4) is 0 Å². The van der Waals surface area contributed by atoms with Crippen molar-refractivity contribution in [2.75, 3.05) is 37.8 Å². The third-order valence-corrected chi connectivity index (χ3v) is 5.26. The number of fused-ring (bicyclic) bond motifs is 1. The van der Waals surface area contributed by atoms with E-state index in [1.807, 2.05) is 6.07 Å². The summed E-state index contributed by atoms with van der Waals surface area (Å²) < 4.78 is 26.1. The minimum Gasteiger partial charge on any atom is -0.493 e. The molecule has 0 saturated carbocycles. The number of halogens is 2. The van der Waals surface area contributed by atoms with Gasteiger partial charge in [-0.2, -0.15) is 0 Å². The number of hydrogen-bond acceptors (Lipinski definition) is 6. The number of ether oxygens (including phenoxy) is 2. The smallest absolute Gasteiger partial charge is 0.162 e. The van der Waals surface area contributed by atoms with Crippen LogP contribution in [0.4, 0.5) is 15.9 Å². The molecule has 0 fully saturated rings. The molecule has 0 aliphatic rings. The average Bonchev–Trinajstić information content (AvgIpc) is 2.78. The molecule has 0 saturated heterocycles. The van der Waals surface area contributed by atoms with Gasteiger partial charge < -0.3 is 14.4 Å². The molecule has 0 atom stereocenters. The number of nitrogens with zero attached hydrogens (tertiary/aromatic N) is 4. The van der Waals surface area contributed by atoms with Gasteiger partial charge in [0.1, 0.15) is 12.1 Å². The first-order chi connectivity index (χ1) is 14.6. The predicted octanol–water partition coefficient (Wildman–Crippen LogP) is 5.18. The maximum Gasteiger partial charge on any atom is 0.162 e. The van der Waals surface area contributed by atoms with Crippen LogP contribution in [0.5, 0.6) is 11.5 Å². The van der Waals surface area contributed by atoms with Crippen LogP contribution in [0.15, 0.2) is 42.7 Å². The van der Waals surface area contributed by atoms with Crippen LogP contribution in [0.25, 0.3) is 10.9 Å². The molecule has 6 nitrogen and oxygen atoms in total. The molecule has 160 valence electrons. The second-order valence-corrected chi connectivity index (χ2v) is 7.04. The molecule has 0 bridgehead atoms. The zero-order chi connectivity index (χ0) is 21.5. The number of rotatable bonds is 10. The van der Waals surface area contributed by atoms with Crippen molar-refractivity contribution in [2.45, 2.75) is 20.3 Å². The van der Waals surface area contributed by atoms with Crippen molar-refractivity contribution in [1.82, 2.24) is 14.9 Å². The molecule has 3 aromatic rings. The fourth-order valence-electron chi connectivity index (χ4n) is 3.18. The SMILES string of the molecule is CCN(CC)CCCOc1cc2c(N(Cl)c3ccc(F)cc3)ncnc2cc1OC. The molecular formula is C22H26ClFN4O2. The van der Waals surface area contributed by atoms with Crippen LogP contribution < -0.4 is 13.9 Å². The van der Waals surface area contributed by atoms with Crippen molar-refractivity contribution in [3.05, 3.63) is 48.5 Å². The van der Waals surface area contributed by atoms with E-state index in [-0.39, 0.29) is 5.82 Å². The molecule has 1 heterocycles. The molecule has 0 unspecified atom stereocenters. The van der Waals surface area contributed by atoms with Crippen LogP contribution in [0.1, 0.15) is 20.3 Å². The Balaban J connectivity index is 1.87. The van der Waals surface area contributed by atoms with Gasteiger partial charge in [0, 0.05) is 29.8 Å². The summed E-state index contributed by atoms with van der Waals surface area (Å²) in [4.78, 5) is 11.0. The minimum atomic E-state index is -0.332. The second-order valence-electron chi connectivity index (χ2n) is 6.70. The van der Waals surface area contributed by atoms with Gasteiger partial charge in [0.25, 0.3) is 0 Å². The molecule has 0 aliphatic heterocycles. The van der Waals surface area contributed by atoms with Crippen molar-refractivity contribution in [3.63, 3.8) is 0 Å². The van der Waals surface area contributed by atoms with Crippen molar-refractivity contribution >= 4 is 34.2 Å². The van der Waals surface area contributed by atoms with Gasteiger partial charge in [-0.25, -0.2) is 18.8 Å². The van der Waals surface area contributed by atoms with Gasteiger partial charge in [0.05, 0.1) is 24.9 Å². The molecule has 30 heavy (non-hydrogen) atoms. The highest BCUT2D eigenvalue weighted by Gasteiger charge is 2.16. The topological polar surface area (TPSA) is 50.7 Å². The molecule has 0 aliphatic carbocycles. The second kappa shape index (κ2) is 10.4. The van der Waals surface area contributed by atoms with E-state index in [1.165, 1.54) is 22.9 Å². The molecule has 0 spiro atoms. The summed E-state index contributed by atoms with van der Waals surface area (Å²) in [5.41, 5.74) is 1.26. The molecule has 8 heteroatoms. The lowest BCUT2D eigenvalue weighted by atomic mass is 10.2. The first-order valence-corrected chi connectivity index (χ1v) is 10.3. The van der Waals surface area contributed by atoms with Crippen LogP contribution >= 0.6 is 11.8 Å². The zero-order valence-electron chi connectivity index (χ0n) is 17.4. The number of benzene rings is 2. The maximum atomic E-state index is 13.3. The summed E-state index contributed by atoms with van der Waals surface area (Å²) >= 11 is 6.53. The monoisotopic (exact) mass is 432 g/mol. The third-order valence-electron chi connectivity index (χ3n) is 4.91. The van der Waals surface area contributed by atoms with Gasteiger partial charge in [0.2, 0.25) is 0 Å². The van der Waals surface area contributed by atoms with Crippen molar-refractivity contribution in [3.8, 4) is 11.5 Å². The van der Waals surface area contributed by atoms with Gasteiger partial charge in [-0.15, -0.1) is 0 Å². The van der Waals surface area contributed by atoms with Gasteiger partial charge in [-0.1, -0.05) is 13.8 Å². The average molecular weight is 433 g/mol. The molecule has 0 amide bonds. The van der Waals surface area contributed by atoms with E-state index in [0.29, 0.717) is 40.5 Å². The van der Waals surface area contributed by atoms with E-state index in [9.17, 15) is 4.39 Å². The summed E-state index contributed by atoms with van der Waals surface area (Å²) in [7, 11) is 1.60. The van der Waals surface area contributed by atoms with E-state index < -0.39 is 0 Å². The van der Waals surface area contributed by atoms with Crippen LogP contribution in [-0.2, 0) is 0 Å². The summed E-state index contributed by atoms with van der Waals surface area (Å²) in [5, 5.41) is 0.705. The Morgan fingerprint density at radius 1 is 1.03 bits per heavy atom. The predicted molar refractivity (Wildman–Crippen MR) is 118 cm³/mol. The highest BCUT2D eigenvalue weighted by atomic mass is 35.5. The zero-order valence-corrected chi connectivity index (χ0v) is 18.2. The van der Waals surface area contributed by atoms with Crippen LogP contribution in [-0.4, -0.2) is 48.2 Å². The number of hydrogen-bond donors (Lipinski definition) is 0. The van der Waals surface area contributed by atoms with Crippen molar-refractivity contribution in [1.29, 1.82) is 0 Å². The Kier molecular flexibility index (Phi) is 7.65. The number of anilines is 2. The first kappa shape index (κ1) is 22.1. The summed E-state index contributed by atoms with van der Waals surface area (Å²) in [6.45, 7) is 7.87. The minimum absolute atomic E-state index is 0.332. The highest BCUT2D eigenvalue weighted by Crippen LogP contribution is 2.37. The van der Waals surface area contributed by atoms with Crippen LogP contribution in [0.2, 0.25) is 0 Å². The fraction of sp³-hybridized carbons (Fsp3) is 0.364. The molecule has 2 aromatic carbocycles. The summed E-state index contributed by atoms with van der Waals surface area (Å²) in [6.07, 6.45) is 2.33. The molecule has 0 N–H and O–H groups in total. The quantitative estimate of drug-likeness (QED) is 0.325. The molecular weight excluding hydrogens is 407 g/mol. The Morgan fingerprint density at radius 3 is 2.43 bits per heavy atom. The van der Waals surface area contributed by atoms with E-state index in [1.54, 1.807) is 25.3 Å². The van der Waals surface area contributed by atoms with E-state index in [2.05, 4.69) is 28.7 Å². The number of methoxy groups -OCH3 is 1. The lowest BCUT2D eigenvalue weighted by Crippen LogP contribution is -2.25. The maximum absolute atomic E-state index is 13.3. The summed E-state index contributed by atoms with van der Waals surface area (Å²) in [5.74, 6) is 1.34. The highest BCUT2D eigenvalue weighted by molar-refractivity contribution is 6.30. The first-order valence-electron chi connectivity index (χ1n) is 9.96. The fourth-order valence-corrected chi connectivity index (χ4v) is 3.43. The molecule has 1 aromatic heterocycles. The van der Waals surface area contributed by atoms with Gasteiger partial charge >= 0.3 is 0 Å². The van der Waals surface area contributed by atoms with E-state index in [4.69, 9.17) is 21.3 Å². The number of aromatic nitrogens is 2. The Morgan fingerprint density at radius 2 is 1.77 bits per heavy atom. The van der Waals surface area contributed by atoms with E-state index >= 15 is 0 Å². The van der Waals surface area contributed by atoms with E-state index in [0.717, 1.165) is 26.1 Å². The van der Waals surface area contributed by atoms with Crippen LogP contribution in [0, 0.1) is 5.82 Å². The molecule has 0 radical (unpaired) electrons. The van der Waals surface area contributed by atoms with Gasteiger partial charge in [-0.05, 0) is 49.8 Å². The molecule has 3 rings (SSSR count). The Hall–Kier alpha value is -2.64. The van der Waals surface area contributed by atoms with Crippen molar-refractivity contribution < 1.29 is 13.9 Å². The third kappa shape index (κ3) is 5.09. The van der Waals surface area contributed by atoms with Crippen molar-refractivity contribution in [2.24, 2.45) is 0 Å².